The summed E-state index contributed by atoms with van der Waals surface area (Å²) in [6.45, 7) is 1.98. The van der Waals surface area contributed by atoms with Crippen molar-refractivity contribution in [2.75, 3.05) is 0 Å². The van der Waals surface area contributed by atoms with Gasteiger partial charge in [-0.2, -0.15) is 0 Å². The van der Waals surface area contributed by atoms with Gasteiger partial charge in [-0.3, -0.25) is 0 Å². The van der Waals surface area contributed by atoms with Gasteiger partial charge in [0.05, 0.1) is 4.47 Å². The molecule has 0 fully saturated rings. The molecule has 0 amide bonds. The number of rotatable bonds is 5. The topological polar surface area (TPSA) is 35.2 Å². The lowest BCUT2D eigenvalue weighted by molar-refractivity contribution is 0.297. The van der Waals surface area contributed by atoms with E-state index in [4.69, 9.17) is 10.5 Å². The van der Waals surface area contributed by atoms with E-state index in [-0.39, 0.29) is 12.6 Å². The van der Waals surface area contributed by atoms with E-state index in [9.17, 15) is 8.78 Å². The first-order valence-corrected chi connectivity index (χ1v) is 7.35. The van der Waals surface area contributed by atoms with Crippen molar-refractivity contribution >= 4 is 15.9 Å². The molecular weight excluding hydrogens is 340 g/mol. The molecule has 0 aliphatic carbocycles. The highest BCUT2D eigenvalue weighted by Gasteiger charge is 2.08. The number of hydrogen-bond donors (Lipinski definition) is 1. The van der Waals surface area contributed by atoms with Crippen molar-refractivity contribution in [2.45, 2.75) is 26.0 Å². The van der Waals surface area contributed by atoms with Gasteiger partial charge in [-0.15, -0.1) is 0 Å². The number of halogens is 3. The maximum atomic E-state index is 13.5. The molecule has 0 saturated heterocycles. The summed E-state index contributed by atoms with van der Waals surface area (Å²) in [6.07, 6.45) is 0.769. The minimum absolute atomic E-state index is 0.0390. The summed E-state index contributed by atoms with van der Waals surface area (Å²) < 4.78 is 32.7. The van der Waals surface area contributed by atoms with Crippen LogP contribution in [0.1, 0.15) is 18.1 Å². The third kappa shape index (κ3) is 4.51. The Morgan fingerprint density at radius 3 is 2.57 bits per heavy atom. The Morgan fingerprint density at radius 1 is 1.19 bits per heavy atom. The molecule has 112 valence electrons. The SMILES string of the molecule is CC(N)Cc1ccc(OCc2ccc(F)cc2F)c(Br)c1. The van der Waals surface area contributed by atoms with E-state index in [2.05, 4.69) is 15.9 Å². The van der Waals surface area contributed by atoms with Crippen LogP contribution in [0.2, 0.25) is 0 Å². The van der Waals surface area contributed by atoms with Crippen LogP contribution in [-0.4, -0.2) is 6.04 Å². The van der Waals surface area contributed by atoms with Crippen molar-refractivity contribution in [1.82, 2.24) is 0 Å². The second-order valence-corrected chi connectivity index (χ2v) is 5.82. The lowest BCUT2D eigenvalue weighted by Crippen LogP contribution is -2.17. The zero-order chi connectivity index (χ0) is 15.4. The molecule has 2 nitrogen and oxygen atoms in total. The molecular formula is C16H16BrF2NO. The van der Waals surface area contributed by atoms with Gasteiger partial charge in [0.25, 0.3) is 0 Å². The van der Waals surface area contributed by atoms with E-state index in [0.29, 0.717) is 11.3 Å². The molecule has 0 saturated carbocycles. The zero-order valence-electron chi connectivity index (χ0n) is 11.6. The Morgan fingerprint density at radius 2 is 1.95 bits per heavy atom. The zero-order valence-corrected chi connectivity index (χ0v) is 13.2. The third-order valence-electron chi connectivity index (χ3n) is 2.95. The lowest BCUT2D eigenvalue weighted by atomic mass is 10.1. The predicted molar refractivity (Wildman–Crippen MR) is 82.2 cm³/mol. The van der Waals surface area contributed by atoms with Gasteiger partial charge < -0.3 is 10.5 Å². The molecule has 0 aromatic heterocycles. The monoisotopic (exact) mass is 355 g/mol. The van der Waals surface area contributed by atoms with Gasteiger partial charge in [-0.1, -0.05) is 6.07 Å². The summed E-state index contributed by atoms with van der Waals surface area (Å²) >= 11 is 3.42. The minimum Gasteiger partial charge on any atom is -0.488 e. The normalized spacial score (nSPS) is 12.2. The number of nitrogens with two attached hydrogens (primary N) is 1. The molecule has 21 heavy (non-hydrogen) atoms. The number of benzene rings is 2. The highest BCUT2D eigenvalue weighted by atomic mass is 79.9. The minimum atomic E-state index is -0.611. The first kappa shape index (κ1) is 15.9. The van der Waals surface area contributed by atoms with E-state index >= 15 is 0 Å². The van der Waals surface area contributed by atoms with E-state index in [0.717, 1.165) is 22.5 Å². The second-order valence-electron chi connectivity index (χ2n) is 4.97. The van der Waals surface area contributed by atoms with Crippen LogP contribution in [0.25, 0.3) is 0 Å². The molecule has 5 heteroatoms. The van der Waals surface area contributed by atoms with E-state index < -0.39 is 11.6 Å². The molecule has 2 aromatic carbocycles. The number of ether oxygens (including phenoxy) is 1. The van der Waals surface area contributed by atoms with Crippen molar-refractivity contribution in [3.63, 3.8) is 0 Å². The van der Waals surface area contributed by atoms with E-state index in [1.54, 1.807) is 0 Å². The predicted octanol–water partition coefficient (Wildman–Crippen LogP) is 4.20. The van der Waals surface area contributed by atoms with E-state index in [1.165, 1.54) is 12.1 Å². The molecule has 0 radical (unpaired) electrons. The van der Waals surface area contributed by atoms with Gasteiger partial charge in [0.15, 0.2) is 0 Å². The van der Waals surface area contributed by atoms with Gasteiger partial charge >= 0.3 is 0 Å². The van der Waals surface area contributed by atoms with Crippen LogP contribution in [-0.2, 0) is 13.0 Å². The maximum absolute atomic E-state index is 13.5. The standard InChI is InChI=1S/C16H16BrF2NO/c1-10(20)6-11-2-5-16(14(17)7-11)21-9-12-3-4-13(18)8-15(12)19/h2-5,7-8,10H,6,9,20H2,1H3. The van der Waals surface area contributed by atoms with Crippen LogP contribution in [0.4, 0.5) is 8.78 Å². The first-order valence-electron chi connectivity index (χ1n) is 6.56. The third-order valence-corrected chi connectivity index (χ3v) is 3.57. The maximum Gasteiger partial charge on any atom is 0.134 e. The smallest absolute Gasteiger partial charge is 0.134 e. The summed E-state index contributed by atoms with van der Waals surface area (Å²) in [6, 6.07) is 9.18. The van der Waals surface area contributed by atoms with Crippen LogP contribution >= 0.6 is 15.9 Å². The summed E-state index contributed by atoms with van der Waals surface area (Å²) in [5.74, 6) is -0.607. The highest BCUT2D eigenvalue weighted by molar-refractivity contribution is 9.10. The van der Waals surface area contributed by atoms with Gasteiger partial charge in [0.2, 0.25) is 0 Å². The Hall–Kier alpha value is -1.46. The molecule has 0 bridgehead atoms. The summed E-state index contributed by atoms with van der Waals surface area (Å²) in [4.78, 5) is 0. The van der Waals surface area contributed by atoms with Gasteiger partial charge in [-0.05, 0) is 59.1 Å². The molecule has 0 spiro atoms. The van der Waals surface area contributed by atoms with E-state index in [1.807, 2.05) is 25.1 Å². The molecule has 2 rings (SSSR count). The Balaban J connectivity index is 2.06. The molecule has 1 atom stereocenters. The Kier molecular flexibility index (Phi) is 5.31. The fourth-order valence-electron chi connectivity index (χ4n) is 1.95. The van der Waals surface area contributed by atoms with Crippen LogP contribution in [0, 0.1) is 11.6 Å². The molecule has 0 heterocycles. The molecule has 2 N–H and O–H groups in total. The van der Waals surface area contributed by atoms with Crippen LogP contribution < -0.4 is 10.5 Å². The Labute approximate surface area is 131 Å². The van der Waals surface area contributed by atoms with Crippen molar-refractivity contribution in [3.8, 4) is 5.75 Å². The summed E-state index contributed by atoms with van der Waals surface area (Å²) in [7, 11) is 0. The number of hydrogen-bond acceptors (Lipinski definition) is 2. The van der Waals surface area contributed by atoms with Crippen LogP contribution in [0.3, 0.4) is 0 Å². The molecule has 0 aliphatic heterocycles. The first-order chi connectivity index (χ1) is 9.95. The average Bonchev–Trinajstić information content (AvgIpc) is 2.39. The van der Waals surface area contributed by atoms with Crippen molar-refractivity contribution < 1.29 is 13.5 Å². The Bertz CT molecular complexity index is 632. The van der Waals surface area contributed by atoms with Crippen molar-refractivity contribution in [3.05, 3.63) is 63.6 Å². The summed E-state index contributed by atoms with van der Waals surface area (Å²) in [5, 5.41) is 0. The van der Waals surface area contributed by atoms with Crippen molar-refractivity contribution in [1.29, 1.82) is 0 Å². The second kappa shape index (κ2) is 7.00. The van der Waals surface area contributed by atoms with Crippen LogP contribution in [0.5, 0.6) is 5.75 Å². The quantitative estimate of drug-likeness (QED) is 0.872. The fourth-order valence-corrected chi connectivity index (χ4v) is 2.50. The van der Waals surface area contributed by atoms with Gasteiger partial charge in [0, 0.05) is 17.7 Å². The van der Waals surface area contributed by atoms with Crippen LogP contribution in [0.15, 0.2) is 40.9 Å². The molecule has 2 aromatic rings. The largest absolute Gasteiger partial charge is 0.488 e. The molecule has 0 aliphatic rings. The summed E-state index contributed by atoms with van der Waals surface area (Å²) in [5.41, 5.74) is 7.16. The van der Waals surface area contributed by atoms with Crippen molar-refractivity contribution in [2.24, 2.45) is 5.73 Å². The van der Waals surface area contributed by atoms with Gasteiger partial charge in [-0.25, -0.2) is 8.78 Å². The lowest BCUT2D eigenvalue weighted by Gasteiger charge is -2.11. The fraction of sp³-hybridized carbons (Fsp3) is 0.250. The highest BCUT2D eigenvalue weighted by Crippen LogP contribution is 2.27. The average molecular weight is 356 g/mol. The van der Waals surface area contributed by atoms with Gasteiger partial charge in [0.1, 0.15) is 24.0 Å². The molecule has 1 unspecified atom stereocenters.